The van der Waals surface area contributed by atoms with Gasteiger partial charge in [-0.05, 0) is 43.9 Å². The molecule has 0 aliphatic carbocycles. The summed E-state index contributed by atoms with van der Waals surface area (Å²) in [5.41, 5.74) is 6.21. The van der Waals surface area contributed by atoms with Crippen LogP contribution in [0.15, 0.2) is 12.1 Å². The van der Waals surface area contributed by atoms with E-state index in [2.05, 4.69) is 0 Å². The molecule has 0 saturated carbocycles. The Morgan fingerprint density at radius 2 is 2.00 bits per heavy atom. The Morgan fingerprint density at radius 1 is 1.39 bits per heavy atom. The fourth-order valence-corrected chi connectivity index (χ4v) is 1.90. The van der Waals surface area contributed by atoms with Crippen molar-refractivity contribution in [2.24, 2.45) is 5.92 Å². The monoisotopic (exact) mass is 253 g/mol. The maximum Gasteiger partial charge on any atom is 0.341 e. The van der Waals surface area contributed by atoms with E-state index < -0.39 is 11.8 Å². The minimum atomic E-state index is -0.656. The van der Waals surface area contributed by atoms with Crippen LogP contribution in [0.25, 0.3) is 0 Å². The maximum absolute atomic E-state index is 13.8. The molecule has 0 radical (unpaired) electrons. The summed E-state index contributed by atoms with van der Waals surface area (Å²) in [6, 6.07) is 2.80. The van der Waals surface area contributed by atoms with Crippen molar-refractivity contribution in [1.82, 2.24) is 0 Å². The molecule has 0 spiro atoms. The lowest BCUT2D eigenvalue weighted by atomic mass is 10.1. The summed E-state index contributed by atoms with van der Waals surface area (Å²) >= 11 is 0. The zero-order chi connectivity index (χ0) is 13.9. The molecule has 0 aliphatic rings. The van der Waals surface area contributed by atoms with E-state index in [1.807, 2.05) is 13.8 Å². The number of rotatable bonds is 4. The largest absolute Gasteiger partial charge is 0.459 e. The fourth-order valence-electron chi connectivity index (χ4n) is 1.90. The van der Waals surface area contributed by atoms with Crippen molar-refractivity contribution < 1.29 is 13.9 Å². The second-order valence-electron chi connectivity index (χ2n) is 5.04. The first-order chi connectivity index (χ1) is 8.31. The first kappa shape index (κ1) is 14.5. The highest BCUT2D eigenvalue weighted by atomic mass is 19.1. The molecule has 1 atom stereocenters. The number of halogens is 1. The highest BCUT2D eigenvalue weighted by Gasteiger charge is 2.18. The smallest absolute Gasteiger partial charge is 0.341 e. The SMILES string of the molecule is Cc1cc(N)cc(C(=O)OC(C)CC(C)C)c1F. The summed E-state index contributed by atoms with van der Waals surface area (Å²) in [7, 11) is 0. The number of carbonyl (C=O) groups excluding carboxylic acids is 1. The molecule has 0 bridgehead atoms. The van der Waals surface area contributed by atoms with E-state index >= 15 is 0 Å². The predicted octanol–water partition coefficient (Wildman–Crippen LogP) is 3.31. The normalized spacial score (nSPS) is 12.6. The zero-order valence-electron chi connectivity index (χ0n) is 11.3. The number of carbonyl (C=O) groups is 1. The third kappa shape index (κ3) is 3.72. The van der Waals surface area contributed by atoms with Crippen LogP contribution < -0.4 is 5.73 Å². The van der Waals surface area contributed by atoms with Crippen LogP contribution in [0, 0.1) is 18.7 Å². The first-order valence-corrected chi connectivity index (χ1v) is 6.07. The van der Waals surface area contributed by atoms with Gasteiger partial charge in [0.2, 0.25) is 0 Å². The topological polar surface area (TPSA) is 52.3 Å². The summed E-state index contributed by atoms with van der Waals surface area (Å²) in [6.45, 7) is 7.44. The number of benzene rings is 1. The molecule has 1 aromatic carbocycles. The lowest BCUT2D eigenvalue weighted by molar-refractivity contribution is 0.0294. The van der Waals surface area contributed by atoms with Crippen molar-refractivity contribution in [2.75, 3.05) is 5.73 Å². The molecule has 0 fully saturated rings. The van der Waals surface area contributed by atoms with Gasteiger partial charge in [0, 0.05) is 5.69 Å². The van der Waals surface area contributed by atoms with Crippen molar-refractivity contribution in [3.63, 3.8) is 0 Å². The number of aryl methyl sites for hydroxylation is 1. The second kappa shape index (κ2) is 5.85. The molecule has 18 heavy (non-hydrogen) atoms. The van der Waals surface area contributed by atoms with Crippen LogP contribution in [-0.2, 0) is 4.74 Å². The average Bonchev–Trinajstić information content (AvgIpc) is 2.21. The van der Waals surface area contributed by atoms with Gasteiger partial charge in [0.15, 0.2) is 0 Å². The predicted molar refractivity (Wildman–Crippen MR) is 69.9 cm³/mol. The number of ether oxygens (including phenoxy) is 1. The van der Waals surface area contributed by atoms with Gasteiger partial charge < -0.3 is 10.5 Å². The van der Waals surface area contributed by atoms with E-state index in [0.717, 1.165) is 6.42 Å². The Kier molecular flexibility index (Phi) is 4.70. The van der Waals surface area contributed by atoms with Gasteiger partial charge in [0.1, 0.15) is 5.82 Å². The van der Waals surface area contributed by atoms with E-state index in [9.17, 15) is 9.18 Å². The third-order valence-electron chi connectivity index (χ3n) is 2.61. The zero-order valence-corrected chi connectivity index (χ0v) is 11.3. The number of hydrogen-bond donors (Lipinski definition) is 1. The molecule has 0 aliphatic heterocycles. The van der Waals surface area contributed by atoms with E-state index in [1.54, 1.807) is 13.8 Å². The molecule has 0 amide bonds. The fraction of sp³-hybridized carbons (Fsp3) is 0.500. The van der Waals surface area contributed by atoms with E-state index in [4.69, 9.17) is 10.5 Å². The molecule has 100 valence electrons. The summed E-state index contributed by atoms with van der Waals surface area (Å²) in [5, 5.41) is 0. The van der Waals surface area contributed by atoms with Gasteiger partial charge in [-0.25, -0.2) is 9.18 Å². The summed E-state index contributed by atoms with van der Waals surface area (Å²) in [5.74, 6) is -0.803. The highest BCUT2D eigenvalue weighted by Crippen LogP contribution is 2.19. The molecule has 0 heterocycles. The van der Waals surface area contributed by atoms with E-state index in [-0.39, 0.29) is 11.7 Å². The van der Waals surface area contributed by atoms with E-state index in [1.165, 1.54) is 12.1 Å². The van der Waals surface area contributed by atoms with Gasteiger partial charge in [-0.15, -0.1) is 0 Å². The number of nitrogens with two attached hydrogens (primary N) is 1. The van der Waals surface area contributed by atoms with Crippen LogP contribution in [0.4, 0.5) is 10.1 Å². The molecule has 3 nitrogen and oxygen atoms in total. The molecule has 1 rings (SSSR count). The Labute approximate surface area is 107 Å². The van der Waals surface area contributed by atoms with Crippen LogP contribution in [0.1, 0.15) is 43.1 Å². The molecule has 0 saturated heterocycles. The van der Waals surface area contributed by atoms with E-state index in [0.29, 0.717) is 17.2 Å². The molecule has 4 heteroatoms. The van der Waals surface area contributed by atoms with Crippen LogP contribution in [-0.4, -0.2) is 12.1 Å². The molecular formula is C14H20FNO2. The van der Waals surface area contributed by atoms with Gasteiger partial charge in [-0.3, -0.25) is 0 Å². The van der Waals surface area contributed by atoms with Gasteiger partial charge in [-0.1, -0.05) is 13.8 Å². The maximum atomic E-state index is 13.8. The average molecular weight is 253 g/mol. The van der Waals surface area contributed by atoms with Crippen molar-refractivity contribution >= 4 is 11.7 Å². The van der Waals surface area contributed by atoms with Crippen molar-refractivity contribution in [3.05, 3.63) is 29.1 Å². The summed E-state index contributed by atoms with van der Waals surface area (Å²) in [6.07, 6.45) is 0.507. The van der Waals surface area contributed by atoms with Crippen molar-refractivity contribution in [1.29, 1.82) is 0 Å². The van der Waals surface area contributed by atoms with Gasteiger partial charge in [-0.2, -0.15) is 0 Å². The van der Waals surface area contributed by atoms with Crippen molar-refractivity contribution in [3.8, 4) is 0 Å². The Balaban J connectivity index is 2.85. The Morgan fingerprint density at radius 3 is 2.56 bits per heavy atom. The van der Waals surface area contributed by atoms with Crippen LogP contribution in [0.5, 0.6) is 0 Å². The first-order valence-electron chi connectivity index (χ1n) is 6.07. The molecule has 0 aromatic heterocycles. The summed E-state index contributed by atoms with van der Waals surface area (Å²) in [4.78, 5) is 11.8. The summed E-state index contributed by atoms with van der Waals surface area (Å²) < 4.78 is 19.0. The number of esters is 1. The Hall–Kier alpha value is -1.58. The lowest BCUT2D eigenvalue weighted by Crippen LogP contribution is -2.18. The quantitative estimate of drug-likeness (QED) is 0.661. The molecule has 1 unspecified atom stereocenters. The Bertz CT molecular complexity index is 444. The van der Waals surface area contributed by atoms with Crippen LogP contribution in [0.2, 0.25) is 0 Å². The van der Waals surface area contributed by atoms with Gasteiger partial charge in [0.05, 0.1) is 11.7 Å². The minimum absolute atomic E-state index is 0.0943. The lowest BCUT2D eigenvalue weighted by Gasteiger charge is -2.16. The molecule has 2 N–H and O–H groups in total. The standard InChI is InChI=1S/C14H20FNO2/c1-8(2)5-10(4)18-14(17)12-7-11(16)6-9(3)13(12)15/h6-8,10H,5,16H2,1-4H3. The molecular weight excluding hydrogens is 233 g/mol. The highest BCUT2D eigenvalue weighted by molar-refractivity contribution is 5.91. The minimum Gasteiger partial charge on any atom is -0.459 e. The van der Waals surface area contributed by atoms with Crippen LogP contribution >= 0.6 is 0 Å². The van der Waals surface area contributed by atoms with Gasteiger partial charge in [0.25, 0.3) is 0 Å². The third-order valence-corrected chi connectivity index (χ3v) is 2.61. The van der Waals surface area contributed by atoms with Crippen LogP contribution in [0.3, 0.4) is 0 Å². The van der Waals surface area contributed by atoms with Gasteiger partial charge >= 0.3 is 5.97 Å². The number of hydrogen-bond acceptors (Lipinski definition) is 3. The molecule has 1 aromatic rings. The number of anilines is 1. The number of nitrogen functional groups attached to an aromatic ring is 1. The van der Waals surface area contributed by atoms with Crippen molar-refractivity contribution in [2.45, 2.75) is 40.2 Å². The second-order valence-corrected chi connectivity index (χ2v) is 5.04.